The van der Waals surface area contributed by atoms with Crippen LogP contribution in [0.5, 0.6) is 0 Å². The van der Waals surface area contributed by atoms with Crippen LogP contribution in [-0.2, 0) is 38.1 Å². The van der Waals surface area contributed by atoms with Crippen LogP contribution in [0.2, 0.25) is 0 Å². The Hall–Kier alpha value is -2.14. The summed E-state index contributed by atoms with van der Waals surface area (Å²) in [6, 6.07) is 0. The molecule has 0 radical (unpaired) electrons. The molecular weight excluding hydrogens is 508 g/mol. The number of fused-ring (bicyclic) bond motifs is 2. The third-order valence-electron chi connectivity index (χ3n) is 11.4. The van der Waals surface area contributed by atoms with Crippen LogP contribution < -0.4 is 0 Å². The molecule has 2 bridgehead atoms. The highest BCUT2D eigenvalue weighted by molar-refractivity contribution is 5.97. The summed E-state index contributed by atoms with van der Waals surface area (Å²) in [5, 5.41) is 21.3. The number of aliphatic hydroxyl groups excluding tert-OH is 1. The fraction of sp³-hybridized carbons (Fsp3) is 0.793. The van der Waals surface area contributed by atoms with Gasteiger partial charge in [-0.1, -0.05) is 13.8 Å². The molecule has 0 amide bonds. The number of carboxylic acid groups (broad SMARTS) is 1. The summed E-state index contributed by atoms with van der Waals surface area (Å²) in [7, 11) is 0. The lowest BCUT2D eigenvalue weighted by molar-refractivity contribution is -0.328. The van der Waals surface area contributed by atoms with Gasteiger partial charge in [0.25, 0.3) is 0 Å². The Morgan fingerprint density at radius 1 is 1.00 bits per heavy atom. The first-order valence-electron chi connectivity index (χ1n) is 14.1. The Kier molecular flexibility index (Phi) is 5.01. The Morgan fingerprint density at radius 2 is 1.72 bits per heavy atom. The zero-order valence-electron chi connectivity index (χ0n) is 22.9. The van der Waals surface area contributed by atoms with Crippen molar-refractivity contribution in [3.05, 3.63) is 11.1 Å². The lowest BCUT2D eigenvalue weighted by Crippen LogP contribution is -2.63. The Bertz CT molecular complexity index is 1250. The van der Waals surface area contributed by atoms with E-state index < -0.39 is 88.3 Å². The van der Waals surface area contributed by atoms with Crippen LogP contribution in [0.1, 0.15) is 66.7 Å². The van der Waals surface area contributed by atoms with Crippen molar-refractivity contribution < 1.29 is 48.3 Å². The molecule has 39 heavy (non-hydrogen) atoms. The molecule has 10 heteroatoms. The van der Waals surface area contributed by atoms with Crippen LogP contribution in [0.25, 0.3) is 0 Å². The molecule has 0 unspecified atom stereocenters. The number of esters is 1. The Balaban J connectivity index is 1.40. The summed E-state index contributed by atoms with van der Waals surface area (Å²) in [5.41, 5.74) is -1.39. The number of hydrogen-bond acceptors (Lipinski definition) is 9. The molecule has 12 atom stereocenters. The van der Waals surface area contributed by atoms with Crippen LogP contribution in [0.3, 0.4) is 0 Å². The number of aliphatic carboxylic acids is 1. The van der Waals surface area contributed by atoms with Crippen LogP contribution in [-0.4, -0.2) is 75.1 Å². The number of ether oxygens (including phenoxy) is 4. The molecule has 0 aromatic carbocycles. The number of Topliss-reactive ketones (excluding diaryl/α,β-unsaturated/α-hetero) is 2. The summed E-state index contributed by atoms with van der Waals surface area (Å²) < 4.78 is 25.5. The molecule has 7 aliphatic rings. The number of rotatable bonds is 2. The predicted octanol–water partition coefficient (Wildman–Crippen LogP) is 1.95. The standard InChI is InChI=1S/C29H36O10/c1-11-18-21-20(12(2)25(35)36-21)38-29-22(18)27(5,23(11)33)6-7-28(39-29)10-13-14(8-15(30)19(28)24(29)34)26(3,4)37-16(13)9-17(31)32/h11-12,15-16,18-22,30H,6-10H2,1-5H3,(H,31,32)/t11-,12-,15-,16+,18+,19-,20+,21+,22-,27-,28+,29+/m0/s1. The molecule has 0 aromatic heterocycles. The van der Waals surface area contributed by atoms with E-state index in [1.807, 2.05) is 27.7 Å². The minimum Gasteiger partial charge on any atom is -0.481 e. The van der Waals surface area contributed by atoms with E-state index in [-0.39, 0.29) is 30.8 Å². The van der Waals surface area contributed by atoms with Gasteiger partial charge < -0.3 is 29.2 Å². The molecule has 0 aromatic rings. The summed E-state index contributed by atoms with van der Waals surface area (Å²) in [6.07, 6.45) is -2.36. The number of carbonyl (C=O) groups is 4. The molecule has 4 saturated heterocycles. The maximum atomic E-state index is 14.7. The van der Waals surface area contributed by atoms with Crippen molar-refractivity contribution in [2.75, 3.05) is 0 Å². The summed E-state index contributed by atoms with van der Waals surface area (Å²) >= 11 is 0. The third-order valence-corrected chi connectivity index (χ3v) is 11.4. The maximum Gasteiger partial charge on any atom is 0.311 e. The second kappa shape index (κ2) is 7.57. The number of carboxylic acids is 1. The molecule has 5 aliphatic heterocycles. The molecule has 212 valence electrons. The van der Waals surface area contributed by atoms with Gasteiger partial charge in [-0.25, -0.2) is 0 Å². The Morgan fingerprint density at radius 3 is 2.41 bits per heavy atom. The fourth-order valence-electron chi connectivity index (χ4n) is 9.71. The van der Waals surface area contributed by atoms with Crippen molar-refractivity contribution in [1.29, 1.82) is 0 Å². The number of aliphatic hydroxyl groups is 1. The average molecular weight is 545 g/mol. The third kappa shape index (κ3) is 2.96. The van der Waals surface area contributed by atoms with Crippen LogP contribution >= 0.6 is 0 Å². The van der Waals surface area contributed by atoms with Crippen LogP contribution in [0, 0.1) is 35.0 Å². The smallest absolute Gasteiger partial charge is 0.311 e. The quantitative estimate of drug-likeness (QED) is 0.391. The van der Waals surface area contributed by atoms with Crippen molar-refractivity contribution in [2.24, 2.45) is 35.0 Å². The predicted molar refractivity (Wildman–Crippen MR) is 131 cm³/mol. The van der Waals surface area contributed by atoms with Gasteiger partial charge in [0.1, 0.15) is 18.0 Å². The first-order chi connectivity index (χ1) is 18.2. The molecule has 10 nitrogen and oxygen atoms in total. The van der Waals surface area contributed by atoms with Gasteiger partial charge in [0.15, 0.2) is 0 Å². The van der Waals surface area contributed by atoms with Crippen LogP contribution in [0.4, 0.5) is 0 Å². The van der Waals surface area contributed by atoms with E-state index >= 15 is 0 Å². The van der Waals surface area contributed by atoms with Gasteiger partial charge in [-0.3, -0.25) is 19.2 Å². The number of hydrogen-bond donors (Lipinski definition) is 2. The first-order valence-corrected chi connectivity index (χ1v) is 14.1. The van der Waals surface area contributed by atoms with E-state index in [2.05, 4.69) is 0 Å². The van der Waals surface area contributed by atoms with Gasteiger partial charge in [-0.2, -0.15) is 0 Å². The number of carbonyl (C=O) groups excluding carboxylic acids is 3. The van der Waals surface area contributed by atoms with E-state index in [4.69, 9.17) is 18.9 Å². The minimum absolute atomic E-state index is 0.0109. The topological polar surface area (TPSA) is 146 Å². The van der Waals surface area contributed by atoms with E-state index in [9.17, 15) is 29.4 Å². The zero-order valence-corrected chi connectivity index (χ0v) is 22.9. The lowest BCUT2D eigenvalue weighted by Gasteiger charge is -2.50. The van der Waals surface area contributed by atoms with E-state index in [1.165, 1.54) is 0 Å². The molecule has 2 spiro atoms. The van der Waals surface area contributed by atoms with Gasteiger partial charge >= 0.3 is 11.9 Å². The highest BCUT2D eigenvalue weighted by Crippen LogP contribution is 2.69. The highest BCUT2D eigenvalue weighted by atomic mass is 16.7. The molecule has 7 rings (SSSR count). The van der Waals surface area contributed by atoms with Gasteiger partial charge in [-0.15, -0.1) is 0 Å². The largest absolute Gasteiger partial charge is 0.481 e. The summed E-state index contributed by atoms with van der Waals surface area (Å²) in [4.78, 5) is 53.0. The van der Waals surface area contributed by atoms with Crippen LogP contribution in [0.15, 0.2) is 11.1 Å². The summed E-state index contributed by atoms with van der Waals surface area (Å²) in [6.45, 7) is 9.12. The molecular formula is C29H36O10. The molecule has 2 aliphatic carbocycles. The average Bonchev–Trinajstić information content (AvgIpc) is 3.34. The summed E-state index contributed by atoms with van der Waals surface area (Å²) in [5.74, 6) is -6.73. The molecule has 5 heterocycles. The second-order valence-corrected chi connectivity index (χ2v) is 13.7. The Labute approximate surface area is 226 Å². The first kappa shape index (κ1) is 25.8. The van der Waals surface area contributed by atoms with Crippen molar-refractivity contribution in [3.63, 3.8) is 0 Å². The number of ketones is 2. The van der Waals surface area contributed by atoms with Crippen molar-refractivity contribution in [1.82, 2.24) is 0 Å². The SMILES string of the molecule is C[C@@H]1C(=O)O[C@H]2[C@@H]1O[C@@]13O[C@]4(CC[C@]5(C)C(=O)[C@@H](C)[C@H]2[C@H]15)CC1=C(C[C@H](O)[C@H]4C3=O)C(C)(C)O[C@@H]1CC(=O)O. The zero-order chi connectivity index (χ0) is 28.0. The van der Waals surface area contributed by atoms with E-state index in [0.29, 0.717) is 12.8 Å². The molecule has 2 N–H and O–H groups in total. The van der Waals surface area contributed by atoms with Gasteiger partial charge in [0.2, 0.25) is 11.6 Å². The fourth-order valence-corrected chi connectivity index (χ4v) is 9.71. The molecule has 1 saturated carbocycles. The normalized spacial score (nSPS) is 53.0. The van der Waals surface area contributed by atoms with Gasteiger partial charge in [0, 0.05) is 29.6 Å². The van der Waals surface area contributed by atoms with Crippen molar-refractivity contribution in [2.45, 2.75) is 108 Å². The second-order valence-electron chi connectivity index (χ2n) is 13.7. The van der Waals surface area contributed by atoms with E-state index in [0.717, 1.165) is 11.1 Å². The minimum atomic E-state index is -1.80. The van der Waals surface area contributed by atoms with E-state index in [1.54, 1.807) is 6.92 Å². The van der Waals surface area contributed by atoms with Gasteiger partial charge in [0.05, 0.1) is 41.7 Å². The lowest BCUT2D eigenvalue weighted by atomic mass is 9.61. The van der Waals surface area contributed by atoms with Crippen molar-refractivity contribution >= 4 is 23.5 Å². The van der Waals surface area contributed by atoms with Crippen molar-refractivity contribution in [3.8, 4) is 0 Å². The molecule has 5 fully saturated rings. The maximum absolute atomic E-state index is 14.7. The monoisotopic (exact) mass is 544 g/mol. The highest BCUT2D eigenvalue weighted by Gasteiger charge is 2.81. The van der Waals surface area contributed by atoms with Gasteiger partial charge in [-0.05, 0) is 51.2 Å².